The number of ether oxygens (including phenoxy) is 2. The minimum Gasteiger partial charge on any atom is -0.493 e. The van der Waals surface area contributed by atoms with E-state index in [1.807, 2.05) is 6.92 Å². The molecule has 0 spiro atoms. The number of benzene rings is 1. The van der Waals surface area contributed by atoms with Gasteiger partial charge in [-0.15, -0.1) is 11.3 Å². The molecule has 148 valence electrons. The highest BCUT2D eigenvalue weighted by Gasteiger charge is 2.21. The van der Waals surface area contributed by atoms with E-state index in [2.05, 4.69) is 9.72 Å². The number of carbonyl (C=O) groups is 1. The van der Waals surface area contributed by atoms with E-state index in [1.165, 1.54) is 29.4 Å². The summed E-state index contributed by atoms with van der Waals surface area (Å²) in [4.78, 5) is 19.5. The molecule has 0 aliphatic heterocycles. The van der Waals surface area contributed by atoms with Crippen LogP contribution in [-0.2, 0) is 6.54 Å². The fourth-order valence-corrected chi connectivity index (χ4v) is 3.50. The zero-order chi connectivity index (χ0) is 20.3. The third-order valence-corrected chi connectivity index (χ3v) is 4.93. The molecule has 28 heavy (non-hydrogen) atoms. The summed E-state index contributed by atoms with van der Waals surface area (Å²) in [6, 6.07) is 8.09. The van der Waals surface area contributed by atoms with Gasteiger partial charge >= 0.3 is 6.61 Å². The second-order valence-corrected chi connectivity index (χ2v) is 7.13. The molecule has 9 heteroatoms. The number of furan rings is 1. The Balaban J connectivity index is 1.76. The molecule has 0 saturated carbocycles. The smallest absolute Gasteiger partial charge is 0.387 e. The van der Waals surface area contributed by atoms with Crippen molar-refractivity contribution in [3.05, 3.63) is 52.7 Å². The molecule has 0 saturated heterocycles. The largest absolute Gasteiger partial charge is 0.493 e. The highest BCUT2D eigenvalue weighted by molar-refractivity contribution is 7.15. The van der Waals surface area contributed by atoms with Gasteiger partial charge in [0.2, 0.25) is 0 Å². The maximum absolute atomic E-state index is 12.8. The van der Waals surface area contributed by atoms with E-state index in [0.717, 1.165) is 4.88 Å². The van der Waals surface area contributed by atoms with Crippen LogP contribution in [0.5, 0.6) is 11.5 Å². The van der Waals surface area contributed by atoms with Crippen LogP contribution in [0.3, 0.4) is 0 Å². The standard InChI is InChI=1S/C19H18F2N2O4S/c1-11-16(22-17(28-11)14-5-4-8-26-14)18(24)23(2)10-12-6-7-13(27-19(20)21)15(9-12)25-3/h4-9,19H,10H2,1-3H3. The number of nitrogens with zero attached hydrogens (tertiary/aromatic N) is 2. The van der Waals surface area contributed by atoms with Gasteiger partial charge in [0, 0.05) is 18.5 Å². The van der Waals surface area contributed by atoms with Crippen LogP contribution in [0.2, 0.25) is 0 Å². The summed E-state index contributed by atoms with van der Waals surface area (Å²) in [5.74, 6) is 0.463. The van der Waals surface area contributed by atoms with Crippen molar-refractivity contribution in [3.63, 3.8) is 0 Å². The van der Waals surface area contributed by atoms with E-state index in [0.29, 0.717) is 22.0 Å². The van der Waals surface area contributed by atoms with Crippen LogP contribution in [0, 0.1) is 6.92 Å². The van der Waals surface area contributed by atoms with Crippen molar-refractivity contribution in [1.29, 1.82) is 0 Å². The summed E-state index contributed by atoms with van der Waals surface area (Å²) in [6.45, 7) is -0.873. The number of rotatable bonds is 7. The highest BCUT2D eigenvalue weighted by Crippen LogP contribution is 2.31. The number of hydrogen-bond acceptors (Lipinski definition) is 6. The van der Waals surface area contributed by atoms with Gasteiger partial charge in [-0.25, -0.2) is 4.98 Å². The molecule has 3 rings (SSSR count). The summed E-state index contributed by atoms with van der Waals surface area (Å²) in [5, 5.41) is 0.634. The number of amides is 1. The number of halogens is 2. The first-order valence-corrected chi connectivity index (χ1v) is 9.09. The molecule has 2 aromatic heterocycles. The Labute approximate surface area is 164 Å². The third-order valence-electron chi connectivity index (χ3n) is 3.94. The van der Waals surface area contributed by atoms with Crippen molar-refractivity contribution in [2.24, 2.45) is 0 Å². The maximum Gasteiger partial charge on any atom is 0.387 e. The number of aromatic nitrogens is 1. The van der Waals surface area contributed by atoms with Crippen LogP contribution >= 0.6 is 11.3 Å². The second kappa shape index (κ2) is 8.39. The van der Waals surface area contributed by atoms with E-state index in [1.54, 1.807) is 37.6 Å². The van der Waals surface area contributed by atoms with Crippen LogP contribution in [0.1, 0.15) is 20.9 Å². The lowest BCUT2D eigenvalue weighted by molar-refractivity contribution is -0.0512. The molecule has 3 aromatic rings. The first-order chi connectivity index (χ1) is 13.4. The summed E-state index contributed by atoms with van der Waals surface area (Å²) in [7, 11) is 3.00. The number of thiazole rings is 1. The van der Waals surface area contributed by atoms with Gasteiger partial charge in [0.25, 0.3) is 5.91 Å². The fraction of sp³-hybridized carbons (Fsp3) is 0.263. The zero-order valence-electron chi connectivity index (χ0n) is 15.4. The van der Waals surface area contributed by atoms with Crippen molar-refractivity contribution < 1.29 is 27.5 Å². The quantitative estimate of drug-likeness (QED) is 0.572. The van der Waals surface area contributed by atoms with Crippen molar-refractivity contribution >= 4 is 17.2 Å². The average molecular weight is 408 g/mol. The molecule has 1 aromatic carbocycles. The SMILES string of the molecule is COc1cc(CN(C)C(=O)c2nc(-c3ccco3)sc2C)ccc1OC(F)F. The first kappa shape index (κ1) is 19.8. The average Bonchev–Trinajstić information content (AvgIpc) is 3.31. The van der Waals surface area contributed by atoms with Gasteiger partial charge < -0.3 is 18.8 Å². The summed E-state index contributed by atoms with van der Waals surface area (Å²) in [5.41, 5.74) is 1.05. The lowest BCUT2D eigenvalue weighted by Gasteiger charge is -2.18. The number of alkyl halides is 2. The Kier molecular flexibility index (Phi) is 5.93. The lowest BCUT2D eigenvalue weighted by atomic mass is 10.2. The monoisotopic (exact) mass is 408 g/mol. The number of methoxy groups -OCH3 is 1. The molecule has 0 atom stereocenters. The minimum atomic E-state index is -2.94. The molecular formula is C19H18F2N2O4S. The van der Waals surface area contributed by atoms with Gasteiger partial charge in [0.15, 0.2) is 22.3 Å². The number of carbonyl (C=O) groups excluding carboxylic acids is 1. The summed E-state index contributed by atoms with van der Waals surface area (Å²) >= 11 is 1.38. The molecule has 0 aliphatic rings. The minimum absolute atomic E-state index is 0.0614. The van der Waals surface area contributed by atoms with Gasteiger partial charge in [-0.1, -0.05) is 6.07 Å². The van der Waals surface area contributed by atoms with E-state index >= 15 is 0 Å². The molecule has 0 unspecified atom stereocenters. The van der Waals surface area contributed by atoms with Crippen molar-refractivity contribution in [1.82, 2.24) is 9.88 Å². The molecule has 0 fully saturated rings. The number of hydrogen-bond donors (Lipinski definition) is 0. The Morgan fingerprint density at radius 3 is 2.75 bits per heavy atom. The number of aryl methyl sites for hydroxylation is 1. The van der Waals surface area contributed by atoms with Gasteiger partial charge in [-0.3, -0.25) is 4.79 Å². The van der Waals surface area contributed by atoms with Crippen LogP contribution in [0.25, 0.3) is 10.8 Å². The van der Waals surface area contributed by atoms with Crippen molar-refractivity contribution in [2.45, 2.75) is 20.1 Å². The zero-order valence-corrected chi connectivity index (χ0v) is 16.3. The molecule has 1 amide bonds. The predicted molar refractivity (Wildman–Crippen MR) is 100.0 cm³/mol. The van der Waals surface area contributed by atoms with Crippen LogP contribution in [0.4, 0.5) is 8.78 Å². The van der Waals surface area contributed by atoms with Gasteiger partial charge in [0.05, 0.1) is 13.4 Å². The predicted octanol–water partition coefficient (Wildman–Crippen LogP) is 4.59. The van der Waals surface area contributed by atoms with Crippen LogP contribution in [0.15, 0.2) is 41.0 Å². The first-order valence-electron chi connectivity index (χ1n) is 8.27. The van der Waals surface area contributed by atoms with Gasteiger partial charge in [-0.05, 0) is 36.8 Å². The summed E-state index contributed by atoms with van der Waals surface area (Å²) in [6.07, 6.45) is 1.55. The summed E-state index contributed by atoms with van der Waals surface area (Å²) < 4.78 is 39.7. The van der Waals surface area contributed by atoms with E-state index in [-0.39, 0.29) is 24.0 Å². The molecular weight excluding hydrogens is 390 g/mol. The molecule has 2 heterocycles. The fourth-order valence-electron chi connectivity index (χ4n) is 2.63. The Bertz CT molecular complexity index is 957. The molecule has 6 nitrogen and oxygen atoms in total. The molecule has 0 aliphatic carbocycles. The Morgan fingerprint density at radius 2 is 2.11 bits per heavy atom. The highest BCUT2D eigenvalue weighted by atomic mass is 32.1. The normalized spacial score (nSPS) is 10.9. The van der Waals surface area contributed by atoms with Crippen LogP contribution in [-0.4, -0.2) is 36.6 Å². The van der Waals surface area contributed by atoms with Gasteiger partial charge in [-0.2, -0.15) is 8.78 Å². The van der Waals surface area contributed by atoms with Gasteiger partial charge in [0.1, 0.15) is 5.69 Å². The van der Waals surface area contributed by atoms with E-state index in [9.17, 15) is 13.6 Å². The van der Waals surface area contributed by atoms with Crippen LogP contribution < -0.4 is 9.47 Å². The van der Waals surface area contributed by atoms with Crippen molar-refractivity contribution in [3.8, 4) is 22.3 Å². The van der Waals surface area contributed by atoms with Crippen molar-refractivity contribution in [2.75, 3.05) is 14.2 Å². The Hall–Kier alpha value is -2.94. The maximum atomic E-state index is 12.8. The second-order valence-electron chi connectivity index (χ2n) is 5.93. The van der Waals surface area contributed by atoms with E-state index in [4.69, 9.17) is 9.15 Å². The third kappa shape index (κ3) is 4.30. The van der Waals surface area contributed by atoms with E-state index < -0.39 is 6.61 Å². The molecule has 0 N–H and O–H groups in total. The Morgan fingerprint density at radius 1 is 1.32 bits per heavy atom. The molecule has 0 bridgehead atoms. The molecule has 0 radical (unpaired) electrons. The topological polar surface area (TPSA) is 64.8 Å². The lowest BCUT2D eigenvalue weighted by Crippen LogP contribution is -2.27.